The van der Waals surface area contributed by atoms with Gasteiger partial charge in [-0.2, -0.15) is 0 Å². The molecule has 2 rings (SSSR count). The quantitative estimate of drug-likeness (QED) is 0.845. The zero-order chi connectivity index (χ0) is 11.5. The van der Waals surface area contributed by atoms with Gasteiger partial charge in [-0.1, -0.05) is 12.1 Å². The number of hydrogen-bond acceptors (Lipinski definition) is 2. The predicted octanol–water partition coefficient (Wildman–Crippen LogP) is 2.52. The third kappa shape index (κ3) is 2.06. The van der Waals surface area contributed by atoms with Crippen LogP contribution in [0.3, 0.4) is 0 Å². The first kappa shape index (κ1) is 10.7. The topological polar surface area (TPSA) is 33.1 Å². The summed E-state index contributed by atoms with van der Waals surface area (Å²) in [6.45, 7) is -0.406. The van der Waals surface area contributed by atoms with Crippen LogP contribution in [0.25, 0.3) is 11.3 Å². The van der Waals surface area contributed by atoms with E-state index in [-0.39, 0.29) is 11.4 Å². The van der Waals surface area contributed by atoms with Crippen LogP contribution in [-0.4, -0.2) is 10.1 Å². The van der Waals surface area contributed by atoms with E-state index < -0.39 is 12.4 Å². The second-order valence-electron chi connectivity index (χ2n) is 3.33. The van der Waals surface area contributed by atoms with Crippen LogP contribution in [0.2, 0.25) is 0 Å². The molecular formula is C12H9F2NO. The van der Waals surface area contributed by atoms with Crippen molar-refractivity contribution in [2.75, 3.05) is 0 Å². The van der Waals surface area contributed by atoms with Gasteiger partial charge in [0, 0.05) is 11.1 Å². The van der Waals surface area contributed by atoms with Crippen molar-refractivity contribution in [2.45, 2.75) is 6.61 Å². The van der Waals surface area contributed by atoms with Crippen molar-refractivity contribution < 1.29 is 13.9 Å². The molecule has 4 heteroatoms. The average Bonchev–Trinajstić information content (AvgIpc) is 2.29. The molecule has 0 amide bonds. The lowest BCUT2D eigenvalue weighted by Crippen LogP contribution is -1.94. The Bertz CT molecular complexity index is 514. The molecule has 0 aliphatic heterocycles. The van der Waals surface area contributed by atoms with Crippen LogP contribution in [0.15, 0.2) is 36.5 Å². The molecule has 0 saturated carbocycles. The highest BCUT2D eigenvalue weighted by Gasteiger charge is 2.06. The summed E-state index contributed by atoms with van der Waals surface area (Å²) in [5.41, 5.74) is 1.13. The maximum Gasteiger partial charge on any atom is 0.147 e. The number of rotatable bonds is 2. The number of halogens is 2. The van der Waals surface area contributed by atoms with Crippen molar-refractivity contribution in [3.8, 4) is 11.3 Å². The molecule has 1 aromatic carbocycles. The molecule has 16 heavy (non-hydrogen) atoms. The average molecular weight is 221 g/mol. The number of pyridine rings is 1. The fourth-order valence-corrected chi connectivity index (χ4v) is 1.41. The van der Waals surface area contributed by atoms with Crippen molar-refractivity contribution in [3.05, 3.63) is 53.7 Å². The third-order valence-electron chi connectivity index (χ3n) is 2.23. The largest absolute Gasteiger partial charge is 0.392 e. The summed E-state index contributed by atoms with van der Waals surface area (Å²) >= 11 is 0. The first-order valence-corrected chi connectivity index (χ1v) is 4.72. The van der Waals surface area contributed by atoms with Crippen LogP contribution >= 0.6 is 0 Å². The molecular weight excluding hydrogens is 212 g/mol. The summed E-state index contributed by atoms with van der Waals surface area (Å²) in [6, 6.07) is 7.25. The molecule has 2 aromatic rings. The zero-order valence-corrected chi connectivity index (χ0v) is 8.32. The summed E-state index contributed by atoms with van der Waals surface area (Å²) in [4.78, 5) is 3.85. The Balaban J connectivity index is 2.48. The summed E-state index contributed by atoms with van der Waals surface area (Å²) < 4.78 is 26.0. The predicted molar refractivity (Wildman–Crippen MR) is 55.5 cm³/mol. The lowest BCUT2D eigenvalue weighted by molar-refractivity contribution is 0.275. The van der Waals surface area contributed by atoms with E-state index in [1.807, 2.05) is 0 Å². The molecule has 82 valence electrons. The standard InChI is InChI=1S/C12H9F2NO/c13-10-3-1-2-8(4-10)12-5-9(7-16)11(14)6-15-12/h1-6,16H,7H2. The molecule has 1 heterocycles. The summed E-state index contributed by atoms with van der Waals surface area (Å²) in [5, 5.41) is 8.90. The number of nitrogens with zero attached hydrogens (tertiary/aromatic N) is 1. The Hall–Kier alpha value is -1.81. The van der Waals surface area contributed by atoms with Gasteiger partial charge in [-0.05, 0) is 18.2 Å². The van der Waals surface area contributed by atoms with Gasteiger partial charge in [0.05, 0.1) is 18.5 Å². The normalized spacial score (nSPS) is 10.4. The van der Waals surface area contributed by atoms with E-state index in [0.29, 0.717) is 11.3 Å². The van der Waals surface area contributed by atoms with Gasteiger partial charge < -0.3 is 5.11 Å². The second kappa shape index (κ2) is 4.37. The van der Waals surface area contributed by atoms with E-state index in [9.17, 15) is 8.78 Å². The van der Waals surface area contributed by atoms with Crippen molar-refractivity contribution in [1.82, 2.24) is 4.98 Å². The van der Waals surface area contributed by atoms with Gasteiger partial charge in [-0.25, -0.2) is 8.78 Å². The molecule has 2 nitrogen and oxygen atoms in total. The maximum atomic E-state index is 13.1. The molecule has 1 aromatic heterocycles. The van der Waals surface area contributed by atoms with Crippen molar-refractivity contribution in [2.24, 2.45) is 0 Å². The second-order valence-corrected chi connectivity index (χ2v) is 3.33. The highest BCUT2D eigenvalue weighted by atomic mass is 19.1. The zero-order valence-electron chi connectivity index (χ0n) is 8.32. The minimum absolute atomic E-state index is 0.147. The molecule has 0 aliphatic rings. The first-order chi connectivity index (χ1) is 7.70. The minimum atomic E-state index is -0.567. The van der Waals surface area contributed by atoms with E-state index in [1.54, 1.807) is 12.1 Å². The molecule has 0 radical (unpaired) electrons. The molecule has 0 aliphatic carbocycles. The van der Waals surface area contributed by atoms with E-state index >= 15 is 0 Å². The smallest absolute Gasteiger partial charge is 0.147 e. The number of aliphatic hydroxyl groups excluding tert-OH is 1. The van der Waals surface area contributed by atoms with E-state index in [2.05, 4.69) is 4.98 Å². The molecule has 0 fully saturated rings. The minimum Gasteiger partial charge on any atom is -0.392 e. The molecule has 0 unspecified atom stereocenters. The van der Waals surface area contributed by atoms with Gasteiger partial charge >= 0.3 is 0 Å². The monoisotopic (exact) mass is 221 g/mol. The fraction of sp³-hybridized carbons (Fsp3) is 0.0833. The van der Waals surface area contributed by atoms with Crippen LogP contribution in [0.1, 0.15) is 5.56 Å². The van der Waals surface area contributed by atoms with Gasteiger partial charge in [0.15, 0.2) is 0 Å². The SMILES string of the molecule is OCc1cc(-c2cccc(F)c2)ncc1F. The maximum absolute atomic E-state index is 13.1. The van der Waals surface area contributed by atoms with Crippen LogP contribution in [-0.2, 0) is 6.61 Å². The van der Waals surface area contributed by atoms with Gasteiger partial charge in [0.2, 0.25) is 0 Å². The van der Waals surface area contributed by atoms with Crippen molar-refractivity contribution in [3.63, 3.8) is 0 Å². The van der Waals surface area contributed by atoms with Gasteiger partial charge in [-0.3, -0.25) is 4.98 Å². The van der Waals surface area contributed by atoms with Gasteiger partial charge in [0.1, 0.15) is 11.6 Å². The highest BCUT2D eigenvalue weighted by Crippen LogP contribution is 2.20. The lowest BCUT2D eigenvalue weighted by Gasteiger charge is -2.04. The van der Waals surface area contributed by atoms with Crippen LogP contribution in [0.5, 0.6) is 0 Å². The van der Waals surface area contributed by atoms with Crippen LogP contribution in [0.4, 0.5) is 8.78 Å². The Kier molecular flexibility index (Phi) is 2.92. The van der Waals surface area contributed by atoms with Crippen LogP contribution < -0.4 is 0 Å². The van der Waals surface area contributed by atoms with E-state index in [0.717, 1.165) is 6.20 Å². The number of benzene rings is 1. The molecule has 0 saturated heterocycles. The van der Waals surface area contributed by atoms with Crippen molar-refractivity contribution in [1.29, 1.82) is 0 Å². The van der Waals surface area contributed by atoms with Crippen molar-refractivity contribution >= 4 is 0 Å². The Morgan fingerprint density at radius 2 is 2.00 bits per heavy atom. The van der Waals surface area contributed by atoms with Gasteiger partial charge in [-0.15, -0.1) is 0 Å². The fourth-order valence-electron chi connectivity index (χ4n) is 1.41. The Morgan fingerprint density at radius 1 is 1.19 bits per heavy atom. The molecule has 1 N–H and O–H groups in total. The Morgan fingerprint density at radius 3 is 2.69 bits per heavy atom. The number of aliphatic hydroxyl groups is 1. The third-order valence-corrected chi connectivity index (χ3v) is 2.23. The first-order valence-electron chi connectivity index (χ1n) is 4.72. The number of hydrogen-bond donors (Lipinski definition) is 1. The lowest BCUT2D eigenvalue weighted by atomic mass is 10.1. The Labute approximate surface area is 91.2 Å². The van der Waals surface area contributed by atoms with E-state index in [1.165, 1.54) is 18.2 Å². The van der Waals surface area contributed by atoms with Gasteiger partial charge in [0.25, 0.3) is 0 Å². The summed E-state index contributed by atoms with van der Waals surface area (Å²) in [7, 11) is 0. The van der Waals surface area contributed by atoms with Crippen LogP contribution in [0, 0.1) is 11.6 Å². The number of aromatic nitrogens is 1. The molecule has 0 spiro atoms. The van der Waals surface area contributed by atoms with E-state index in [4.69, 9.17) is 5.11 Å². The summed E-state index contributed by atoms with van der Waals surface area (Å²) in [5.74, 6) is -0.947. The summed E-state index contributed by atoms with van der Waals surface area (Å²) in [6.07, 6.45) is 1.02. The molecule has 0 atom stereocenters. The highest BCUT2D eigenvalue weighted by molar-refractivity contribution is 5.59. The molecule has 0 bridgehead atoms.